The molecule has 0 amide bonds. The first-order valence-electron chi connectivity index (χ1n) is 2.92. The molecule has 4 heteroatoms. The van der Waals surface area contributed by atoms with Crippen LogP contribution in [0.1, 0.15) is 13.3 Å². The van der Waals surface area contributed by atoms with Crippen LogP contribution < -0.4 is 0 Å². The Kier molecular flexibility index (Phi) is 1.77. The van der Waals surface area contributed by atoms with Crippen molar-refractivity contribution >= 4 is 9.84 Å². The molecule has 0 spiro atoms. The molecule has 54 valence electrons. The summed E-state index contributed by atoms with van der Waals surface area (Å²) in [6.45, 7) is 1.88. The minimum absolute atomic E-state index is 0.0891. The van der Waals surface area contributed by atoms with Gasteiger partial charge in [0.2, 0.25) is 0 Å². The van der Waals surface area contributed by atoms with Crippen LogP contribution in [0.5, 0.6) is 0 Å². The van der Waals surface area contributed by atoms with Crippen molar-refractivity contribution < 1.29 is 13.2 Å². The van der Waals surface area contributed by atoms with E-state index in [1.165, 1.54) is 0 Å². The normalized spacial score (nSPS) is 34.1. The average Bonchev–Trinajstić information content (AvgIpc) is 1.78. The van der Waals surface area contributed by atoms with Crippen molar-refractivity contribution in [1.82, 2.24) is 0 Å². The highest BCUT2D eigenvalue weighted by molar-refractivity contribution is 7.91. The largest absolute Gasteiger partial charge is 0.363 e. The molecular weight excluding hydrogens is 140 g/mol. The van der Waals surface area contributed by atoms with Crippen molar-refractivity contribution in [3.05, 3.63) is 0 Å². The Morgan fingerprint density at radius 1 is 1.56 bits per heavy atom. The van der Waals surface area contributed by atoms with E-state index in [9.17, 15) is 8.42 Å². The van der Waals surface area contributed by atoms with E-state index in [1.807, 2.05) is 6.92 Å². The van der Waals surface area contributed by atoms with Gasteiger partial charge >= 0.3 is 0 Å². The first-order valence-corrected chi connectivity index (χ1v) is 4.74. The summed E-state index contributed by atoms with van der Waals surface area (Å²) in [7, 11) is -2.84. The Hall–Kier alpha value is -0.0900. The summed E-state index contributed by atoms with van der Waals surface area (Å²) >= 11 is 0. The summed E-state index contributed by atoms with van der Waals surface area (Å²) in [4.78, 5) is 0. The Morgan fingerprint density at radius 2 is 2.22 bits per heavy atom. The predicted octanol–water partition coefficient (Wildman–Crippen LogP) is 0.167. The Morgan fingerprint density at radius 3 is 2.56 bits per heavy atom. The van der Waals surface area contributed by atoms with Crippen LogP contribution in [0.3, 0.4) is 0 Å². The van der Waals surface area contributed by atoms with Crippen molar-refractivity contribution in [2.45, 2.75) is 19.4 Å². The fourth-order valence-corrected chi connectivity index (χ4v) is 1.96. The van der Waals surface area contributed by atoms with Crippen LogP contribution in [0, 0.1) is 0 Å². The number of hydrogen-bond donors (Lipinski definition) is 0. The highest BCUT2D eigenvalue weighted by Gasteiger charge is 2.20. The topological polar surface area (TPSA) is 43.4 Å². The van der Waals surface area contributed by atoms with Gasteiger partial charge in [-0.3, -0.25) is 0 Å². The van der Waals surface area contributed by atoms with Crippen LogP contribution in [0.15, 0.2) is 0 Å². The second kappa shape index (κ2) is 2.27. The Labute approximate surface area is 54.9 Å². The number of ether oxygens (including phenoxy) is 1. The van der Waals surface area contributed by atoms with Crippen LogP contribution in [-0.2, 0) is 14.6 Å². The van der Waals surface area contributed by atoms with Crippen molar-refractivity contribution in [1.29, 1.82) is 0 Å². The molecule has 9 heavy (non-hydrogen) atoms. The van der Waals surface area contributed by atoms with E-state index in [0.717, 1.165) is 0 Å². The van der Waals surface area contributed by atoms with Crippen molar-refractivity contribution in [2.24, 2.45) is 0 Å². The third kappa shape index (κ3) is 1.95. The minimum atomic E-state index is -2.84. The van der Waals surface area contributed by atoms with E-state index in [4.69, 9.17) is 4.74 Å². The lowest BCUT2D eigenvalue weighted by Crippen LogP contribution is -2.27. The molecular formula is C5H10O3S. The van der Waals surface area contributed by atoms with Gasteiger partial charge in [-0.2, -0.15) is 0 Å². The molecule has 1 aliphatic heterocycles. The summed E-state index contributed by atoms with van der Waals surface area (Å²) in [5, 5.41) is 0. The fraction of sp³-hybridized carbons (Fsp3) is 1.00. The van der Waals surface area contributed by atoms with Gasteiger partial charge in [-0.25, -0.2) is 8.42 Å². The quantitative estimate of drug-likeness (QED) is 0.494. The van der Waals surface area contributed by atoms with E-state index in [-0.39, 0.29) is 17.8 Å². The maximum atomic E-state index is 10.7. The highest BCUT2D eigenvalue weighted by atomic mass is 32.2. The molecule has 0 N–H and O–H groups in total. The first kappa shape index (κ1) is 7.02. The molecule has 3 nitrogen and oxygen atoms in total. The Bertz CT molecular complexity index is 168. The van der Waals surface area contributed by atoms with Gasteiger partial charge in [0.05, 0.1) is 11.9 Å². The van der Waals surface area contributed by atoms with E-state index >= 15 is 0 Å². The van der Waals surface area contributed by atoms with Crippen molar-refractivity contribution in [3.63, 3.8) is 0 Å². The van der Waals surface area contributed by atoms with E-state index < -0.39 is 9.84 Å². The Balaban J connectivity index is 2.55. The molecule has 0 bridgehead atoms. The molecule has 1 aliphatic rings. The van der Waals surface area contributed by atoms with Crippen LogP contribution >= 0.6 is 0 Å². The molecule has 1 atom stereocenters. The molecule has 0 unspecified atom stereocenters. The third-order valence-corrected chi connectivity index (χ3v) is 2.72. The molecule has 0 aromatic rings. The lowest BCUT2D eigenvalue weighted by atomic mass is 10.3. The summed E-state index contributed by atoms with van der Waals surface area (Å²) in [5.41, 5.74) is 0. The second-order valence-electron chi connectivity index (χ2n) is 2.33. The lowest BCUT2D eigenvalue weighted by Gasteiger charge is -2.18. The van der Waals surface area contributed by atoms with Gasteiger partial charge in [-0.1, -0.05) is 0 Å². The maximum Gasteiger partial charge on any atom is 0.174 e. The minimum Gasteiger partial charge on any atom is -0.363 e. The summed E-state index contributed by atoms with van der Waals surface area (Å²) < 4.78 is 26.2. The molecule has 0 saturated carbocycles. The monoisotopic (exact) mass is 150 g/mol. The van der Waals surface area contributed by atoms with Crippen molar-refractivity contribution in [3.8, 4) is 0 Å². The van der Waals surface area contributed by atoms with Crippen molar-refractivity contribution in [2.75, 3.05) is 11.7 Å². The van der Waals surface area contributed by atoms with Crippen LogP contribution in [-0.4, -0.2) is 26.2 Å². The van der Waals surface area contributed by atoms with Crippen LogP contribution in [0.2, 0.25) is 0 Å². The molecule has 0 aromatic heterocycles. The van der Waals surface area contributed by atoms with Gasteiger partial charge in [0, 0.05) is 0 Å². The molecule has 0 radical (unpaired) electrons. The molecule has 1 saturated heterocycles. The highest BCUT2D eigenvalue weighted by Crippen LogP contribution is 2.09. The molecule has 1 fully saturated rings. The molecule has 0 aromatic carbocycles. The van der Waals surface area contributed by atoms with Crippen LogP contribution in [0.4, 0.5) is 0 Å². The number of hydrogen-bond acceptors (Lipinski definition) is 3. The van der Waals surface area contributed by atoms with Crippen LogP contribution in [0.25, 0.3) is 0 Å². The number of rotatable bonds is 0. The van der Waals surface area contributed by atoms with Gasteiger partial charge in [0.15, 0.2) is 9.84 Å². The second-order valence-corrected chi connectivity index (χ2v) is 4.46. The van der Waals surface area contributed by atoms with Gasteiger partial charge in [0.25, 0.3) is 0 Å². The van der Waals surface area contributed by atoms with E-state index in [2.05, 4.69) is 0 Å². The van der Waals surface area contributed by atoms with Gasteiger partial charge in [-0.15, -0.1) is 0 Å². The molecule has 0 aliphatic carbocycles. The first-order chi connectivity index (χ1) is 4.10. The number of sulfone groups is 1. The lowest BCUT2D eigenvalue weighted by molar-refractivity contribution is 0.0889. The molecule has 1 rings (SSSR count). The zero-order valence-corrected chi connectivity index (χ0v) is 6.15. The predicted molar refractivity (Wildman–Crippen MR) is 33.8 cm³/mol. The zero-order chi connectivity index (χ0) is 6.91. The van der Waals surface area contributed by atoms with Gasteiger partial charge in [0.1, 0.15) is 5.94 Å². The summed E-state index contributed by atoms with van der Waals surface area (Å²) in [5.74, 6) is 0.197. The zero-order valence-electron chi connectivity index (χ0n) is 5.33. The fourth-order valence-electron chi connectivity index (χ4n) is 0.708. The molecule has 1 heterocycles. The SMILES string of the molecule is C[C@H]1CCS(=O)(=O)CO1. The summed E-state index contributed by atoms with van der Waals surface area (Å²) in [6, 6.07) is 0. The average molecular weight is 150 g/mol. The third-order valence-electron chi connectivity index (χ3n) is 1.37. The maximum absolute atomic E-state index is 10.7. The van der Waals surface area contributed by atoms with E-state index in [1.54, 1.807) is 0 Å². The van der Waals surface area contributed by atoms with Gasteiger partial charge in [-0.05, 0) is 13.3 Å². The van der Waals surface area contributed by atoms with Gasteiger partial charge < -0.3 is 4.74 Å². The van der Waals surface area contributed by atoms with E-state index in [0.29, 0.717) is 6.42 Å². The smallest absolute Gasteiger partial charge is 0.174 e. The standard InChI is InChI=1S/C5H10O3S/c1-5-2-3-9(6,7)4-8-5/h5H,2-4H2,1H3/t5-/m0/s1. The summed E-state index contributed by atoms with van der Waals surface area (Å²) in [6.07, 6.45) is 0.760.